The number of ether oxygens (including phenoxy) is 1. The van der Waals surface area contributed by atoms with Crippen molar-refractivity contribution in [2.24, 2.45) is 0 Å². The third-order valence-electron chi connectivity index (χ3n) is 1.16. The SMILES string of the molecule is CC(=O)OCC/C=C/C=C(C)C. The molecule has 2 heteroatoms. The fourth-order valence-electron chi connectivity index (χ4n) is 0.627. The zero-order chi connectivity index (χ0) is 9.40. The molecule has 0 N–H and O–H groups in total. The van der Waals surface area contributed by atoms with Gasteiger partial charge < -0.3 is 4.74 Å². The molecule has 0 saturated carbocycles. The predicted molar refractivity (Wildman–Crippen MR) is 49.8 cm³/mol. The highest BCUT2D eigenvalue weighted by atomic mass is 16.5. The summed E-state index contributed by atoms with van der Waals surface area (Å²) in [5.41, 5.74) is 1.26. The highest BCUT2D eigenvalue weighted by molar-refractivity contribution is 5.65. The molecule has 0 spiro atoms. The molecular weight excluding hydrogens is 152 g/mol. The molecule has 0 unspecified atom stereocenters. The Kier molecular flexibility index (Phi) is 6.07. The number of rotatable bonds is 4. The molecular formula is C10H16O2. The van der Waals surface area contributed by atoms with Crippen LogP contribution in [0, 0.1) is 0 Å². The third-order valence-corrected chi connectivity index (χ3v) is 1.16. The Morgan fingerprint density at radius 2 is 2.00 bits per heavy atom. The standard InChI is InChI=1S/C10H16O2/c1-9(2)7-5-4-6-8-12-10(3)11/h4-5,7H,6,8H2,1-3H3/b5-4+. The number of esters is 1. The summed E-state index contributed by atoms with van der Waals surface area (Å²) in [5.74, 6) is -0.217. The van der Waals surface area contributed by atoms with E-state index in [1.54, 1.807) is 0 Å². The van der Waals surface area contributed by atoms with Crippen LogP contribution in [0.2, 0.25) is 0 Å². The lowest BCUT2D eigenvalue weighted by Crippen LogP contribution is -1.98. The van der Waals surface area contributed by atoms with E-state index in [2.05, 4.69) is 0 Å². The third kappa shape index (κ3) is 8.95. The second kappa shape index (κ2) is 6.65. The number of carbonyl (C=O) groups is 1. The molecule has 0 saturated heterocycles. The summed E-state index contributed by atoms with van der Waals surface area (Å²) in [6.45, 7) is 5.97. The van der Waals surface area contributed by atoms with Gasteiger partial charge in [0.1, 0.15) is 0 Å². The van der Waals surface area contributed by atoms with Gasteiger partial charge in [-0.2, -0.15) is 0 Å². The monoisotopic (exact) mass is 168 g/mol. The fraction of sp³-hybridized carbons (Fsp3) is 0.500. The van der Waals surface area contributed by atoms with E-state index in [0.717, 1.165) is 6.42 Å². The summed E-state index contributed by atoms with van der Waals surface area (Å²) in [7, 11) is 0. The number of hydrogen-bond donors (Lipinski definition) is 0. The van der Waals surface area contributed by atoms with E-state index in [-0.39, 0.29) is 5.97 Å². The van der Waals surface area contributed by atoms with Gasteiger partial charge in [-0.15, -0.1) is 0 Å². The van der Waals surface area contributed by atoms with Crippen molar-refractivity contribution in [2.75, 3.05) is 6.61 Å². The molecule has 0 rings (SSSR count). The van der Waals surface area contributed by atoms with Crippen LogP contribution in [0.3, 0.4) is 0 Å². The average molecular weight is 168 g/mol. The Labute approximate surface area is 73.9 Å². The minimum Gasteiger partial charge on any atom is -0.466 e. The average Bonchev–Trinajstić information content (AvgIpc) is 1.95. The Morgan fingerprint density at radius 3 is 2.50 bits per heavy atom. The van der Waals surface area contributed by atoms with Crippen molar-refractivity contribution in [1.29, 1.82) is 0 Å². The first-order chi connectivity index (χ1) is 5.63. The van der Waals surface area contributed by atoms with E-state index in [4.69, 9.17) is 4.74 Å². The fourth-order valence-corrected chi connectivity index (χ4v) is 0.627. The van der Waals surface area contributed by atoms with E-state index in [0.29, 0.717) is 6.61 Å². The van der Waals surface area contributed by atoms with E-state index in [1.807, 2.05) is 32.1 Å². The van der Waals surface area contributed by atoms with Crippen molar-refractivity contribution in [3.05, 3.63) is 23.8 Å². The number of allylic oxidation sites excluding steroid dienone is 3. The van der Waals surface area contributed by atoms with Gasteiger partial charge in [0.25, 0.3) is 0 Å². The van der Waals surface area contributed by atoms with Gasteiger partial charge in [-0.3, -0.25) is 4.79 Å². The van der Waals surface area contributed by atoms with Crippen molar-refractivity contribution >= 4 is 5.97 Å². The van der Waals surface area contributed by atoms with Crippen molar-refractivity contribution in [3.8, 4) is 0 Å². The van der Waals surface area contributed by atoms with E-state index in [9.17, 15) is 4.79 Å². The molecule has 0 radical (unpaired) electrons. The molecule has 0 aromatic heterocycles. The van der Waals surface area contributed by atoms with Crippen LogP contribution in [0.1, 0.15) is 27.2 Å². The Morgan fingerprint density at radius 1 is 1.33 bits per heavy atom. The molecule has 0 fully saturated rings. The van der Waals surface area contributed by atoms with Crippen LogP contribution in [0.15, 0.2) is 23.8 Å². The molecule has 0 bridgehead atoms. The zero-order valence-electron chi connectivity index (χ0n) is 7.96. The second-order valence-electron chi connectivity index (χ2n) is 2.80. The second-order valence-corrected chi connectivity index (χ2v) is 2.80. The maximum atomic E-state index is 10.3. The lowest BCUT2D eigenvalue weighted by atomic mass is 10.3. The van der Waals surface area contributed by atoms with Crippen LogP contribution in [-0.4, -0.2) is 12.6 Å². The van der Waals surface area contributed by atoms with E-state index in [1.165, 1.54) is 12.5 Å². The minimum absolute atomic E-state index is 0.217. The van der Waals surface area contributed by atoms with Crippen molar-refractivity contribution in [3.63, 3.8) is 0 Å². The van der Waals surface area contributed by atoms with E-state index >= 15 is 0 Å². The van der Waals surface area contributed by atoms with Crippen molar-refractivity contribution in [2.45, 2.75) is 27.2 Å². The first kappa shape index (κ1) is 11.0. The molecule has 0 heterocycles. The lowest BCUT2D eigenvalue weighted by molar-refractivity contribution is -0.140. The minimum atomic E-state index is -0.217. The van der Waals surface area contributed by atoms with Gasteiger partial charge in [-0.05, 0) is 20.3 Å². The summed E-state index contributed by atoms with van der Waals surface area (Å²) in [4.78, 5) is 10.3. The highest BCUT2D eigenvalue weighted by Crippen LogP contribution is 1.91. The number of carbonyl (C=O) groups excluding carboxylic acids is 1. The highest BCUT2D eigenvalue weighted by Gasteiger charge is 1.87. The van der Waals surface area contributed by atoms with E-state index < -0.39 is 0 Å². The first-order valence-corrected chi connectivity index (χ1v) is 4.06. The molecule has 0 aliphatic carbocycles. The van der Waals surface area contributed by atoms with Gasteiger partial charge in [-0.1, -0.05) is 23.8 Å². The smallest absolute Gasteiger partial charge is 0.302 e. The van der Waals surface area contributed by atoms with Crippen LogP contribution in [0.4, 0.5) is 0 Å². The normalized spacial score (nSPS) is 9.92. The van der Waals surface area contributed by atoms with Gasteiger partial charge in [-0.25, -0.2) is 0 Å². The summed E-state index contributed by atoms with van der Waals surface area (Å²) < 4.78 is 4.74. The summed E-state index contributed by atoms with van der Waals surface area (Å²) in [5, 5.41) is 0. The van der Waals surface area contributed by atoms with Crippen LogP contribution in [0.25, 0.3) is 0 Å². The predicted octanol–water partition coefficient (Wildman–Crippen LogP) is 2.46. The molecule has 0 aromatic rings. The number of hydrogen-bond acceptors (Lipinski definition) is 2. The van der Waals surface area contributed by atoms with Crippen LogP contribution < -0.4 is 0 Å². The lowest BCUT2D eigenvalue weighted by Gasteiger charge is -1.95. The van der Waals surface area contributed by atoms with Crippen molar-refractivity contribution < 1.29 is 9.53 Å². The Bertz CT molecular complexity index is 186. The summed E-state index contributed by atoms with van der Waals surface area (Å²) in [6.07, 6.45) is 6.76. The maximum absolute atomic E-state index is 10.3. The molecule has 0 aliphatic rings. The molecule has 68 valence electrons. The zero-order valence-corrected chi connectivity index (χ0v) is 7.96. The molecule has 2 nitrogen and oxygen atoms in total. The molecule has 0 atom stereocenters. The van der Waals surface area contributed by atoms with Crippen LogP contribution in [-0.2, 0) is 9.53 Å². The summed E-state index contributed by atoms with van der Waals surface area (Å²) >= 11 is 0. The largest absolute Gasteiger partial charge is 0.466 e. The van der Waals surface area contributed by atoms with Gasteiger partial charge >= 0.3 is 5.97 Å². The van der Waals surface area contributed by atoms with Crippen LogP contribution in [0.5, 0.6) is 0 Å². The van der Waals surface area contributed by atoms with Crippen LogP contribution >= 0.6 is 0 Å². The van der Waals surface area contributed by atoms with Gasteiger partial charge in [0.05, 0.1) is 6.61 Å². The molecule has 12 heavy (non-hydrogen) atoms. The first-order valence-electron chi connectivity index (χ1n) is 4.06. The van der Waals surface area contributed by atoms with Gasteiger partial charge in [0.2, 0.25) is 0 Å². The molecule has 0 aromatic carbocycles. The van der Waals surface area contributed by atoms with Gasteiger partial charge in [0.15, 0.2) is 0 Å². The van der Waals surface area contributed by atoms with Gasteiger partial charge in [0, 0.05) is 6.92 Å². The Hall–Kier alpha value is -1.05. The quantitative estimate of drug-likeness (QED) is 0.366. The Balaban J connectivity index is 3.37. The topological polar surface area (TPSA) is 26.3 Å². The molecule has 0 amide bonds. The maximum Gasteiger partial charge on any atom is 0.302 e. The summed E-state index contributed by atoms with van der Waals surface area (Å²) in [6, 6.07) is 0. The van der Waals surface area contributed by atoms with Crippen molar-refractivity contribution in [1.82, 2.24) is 0 Å². The molecule has 0 aliphatic heterocycles.